The van der Waals surface area contributed by atoms with Gasteiger partial charge in [-0.25, -0.2) is 4.79 Å². The summed E-state index contributed by atoms with van der Waals surface area (Å²) in [5.41, 5.74) is 6.42. The summed E-state index contributed by atoms with van der Waals surface area (Å²) in [5, 5.41) is 15.9. The monoisotopic (exact) mass is 292 g/mol. The highest BCUT2D eigenvalue weighted by Gasteiger charge is 2.27. The number of anilines is 1. The van der Waals surface area contributed by atoms with Crippen LogP contribution in [0.2, 0.25) is 0 Å². The Morgan fingerprint density at radius 3 is 2.43 bits per heavy atom. The maximum Gasteiger partial charge on any atom is 0.319 e. The molecule has 0 bridgehead atoms. The Balaban J connectivity index is 1.82. The van der Waals surface area contributed by atoms with Crippen molar-refractivity contribution in [2.75, 3.05) is 11.9 Å². The van der Waals surface area contributed by atoms with Crippen molar-refractivity contribution in [2.24, 2.45) is 5.73 Å². The van der Waals surface area contributed by atoms with Gasteiger partial charge < -0.3 is 16.4 Å². The van der Waals surface area contributed by atoms with E-state index >= 15 is 0 Å². The molecule has 7 heteroatoms. The summed E-state index contributed by atoms with van der Waals surface area (Å²) in [6.07, 6.45) is 5.24. The zero-order valence-corrected chi connectivity index (χ0v) is 11.8. The van der Waals surface area contributed by atoms with E-state index in [0.717, 1.165) is 25.7 Å². The number of urea groups is 1. The lowest BCUT2D eigenvalue weighted by Gasteiger charge is -2.33. The molecule has 21 heavy (non-hydrogen) atoms. The molecule has 1 saturated carbocycles. The second kappa shape index (κ2) is 6.53. The number of carbonyl (C=O) groups is 1. The first-order valence-electron chi connectivity index (χ1n) is 7.07. The molecular weight excluding hydrogens is 272 g/mol. The average Bonchev–Trinajstić information content (AvgIpc) is 2.47. The van der Waals surface area contributed by atoms with Gasteiger partial charge in [-0.3, -0.25) is 10.1 Å². The van der Waals surface area contributed by atoms with Gasteiger partial charge >= 0.3 is 6.03 Å². The Morgan fingerprint density at radius 1 is 1.24 bits per heavy atom. The van der Waals surface area contributed by atoms with E-state index in [1.807, 2.05) is 0 Å². The van der Waals surface area contributed by atoms with Gasteiger partial charge in [0, 0.05) is 29.9 Å². The van der Waals surface area contributed by atoms with Gasteiger partial charge in [-0.1, -0.05) is 19.3 Å². The zero-order chi connectivity index (χ0) is 15.3. The molecule has 0 aromatic heterocycles. The Hall–Kier alpha value is -2.15. The summed E-state index contributed by atoms with van der Waals surface area (Å²) < 4.78 is 0. The molecule has 1 fully saturated rings. The van der Waals surface area contributed by atoms with Gasteiger partial charge in [0.05, 0.1) is 4.92 Å². The summed E-state index contributed by atoms with van der Waals surface area (Å²) >= 11 is 0. The highest BCUT2D eigenvalue weighted by atomic mass is 16.6. The SMILES string of the molecule is NC1(CNC(=O)Nc2ccc([N+](=O)[O-])cc2)CCCCC1. The lowest BCUT2D eigenvalue weighted by atomic mass is 9.82. The smallest absolute Gasteiger partial charge is 0.319 e. The standard InChI is InChI=1S/C14H20N4O3/c15-14(8-2-1-3-9-14)10-16-13(19)17-11-4-6-12(7-5-11)18(20)21/h4-7H,1-3,8-10,15H2,(H2,16,17,19). The predicted molar refractivity (Wildman–Crippen MR) is 80.1 cm³/mol. The van der Waals surface area contributed by atoms with Crippen molar-refractivity contribution in [1.29, 1.82) is 0 Å². The van der Waals surface area contributed by atoms with Crippen molar-refractivity contribution in [3.05, 3.63) is 34.4 Å². The van der Waals surface area contributed by atoms with Crippen LogP contribution in [0.1, 0.15) is 32.1 Å². The summed E-state index contributed by atoms with van der Waals surface area (Å²) in [5.74, 6) is 0. The molecule has 0 aliphatic heterocycles. The fraction of sp³-hybridized carbons (Fsp3) is 0.500. The number of rotatable bonds is 4. The van der Waals surface area contributed by atoms with E-state index in [9.17, 15) is 14.9 Å². The Bertz CT molecular complexity index is 509. The van der Waals surface area contributed by atoms with Crippen LogP contribution in [0.4, 0.5) is 16.2 Å². The first-order valence-corrected chi connectivity index (χ1v) is 7.07. The molecule has 0 spiro atoms. The molecule has 0 atom stereocenters. The van der Waals surface area contributed by atoms with E-state index in [0.29, 0.717) is 12.2 Å². The molecule has 114 valence electrons. The van der Waals surface area contributed by atoms with Crippen LogP contribution in [0, 0.1) is 10.1 Å². The molecule has 0 saturated heterocycles. The Labute approximate surface area is 123 Å². The molecule has 1 aliphatic rings. The lowest BCUT2D eigenvalue weighted by Crippen LogP contribution is -2.52. The van der Waals surface area contributed by atoms with Crippen LogP contribution in [-0.4, -0.2) is 23.0 Å². The molecule has 4 N–H and O–H groups in total. The highest BCUT2D eigenvalue weighted by molar-refractivity contribution is 5.89. The number of carbonyl (C=O) groups excluding carboxylic acids is 1. The topological polar surface area (TPSA) is 110 Å². The zero-order valence-electron chi connectivity index (χ0n) is 11.8. The van der Waals surface area contributed by atoms with Crippen molar-refractivity contribution in [3.63, 3.8) is 0 Å². The van der Waals surface area contributed by atoms with E-state index in [1.54, 1.807) is 0 Å². The highest BCUT2D eigenvalue weighted by Crippen LogP contribution is 2.25. The van der Waals surface area contributed by atoms with Crippen LogP contribution in [0.3, 0.4) is 0 Å². The molecular formula is C14H20N4O3. The molecule has 0 radical (unpaired) electrons. The van der Waals surface area contributed by atoms with Crippen molar-refractivity contribution in [1.82, 2.24) is 5.32 Å². The molecule has 1 aromatic carbocycles. The third-order valence-corrected chi connectivity index (χ3v) is 3.79. The minimum Gasteiger partial charge on any atom is -0.336 e. The minimum atomic E-state index is -0.481. The number of nitrogens with one attached hydrogen (secondary N) is 2. The summed E-state index contributed by atoms with van der Waals surface area (Å²) in [6.45, 7) is 0.436. The van der Waals surface area contributed by atoms with Crippen molar-refractivity contribution in [3.8, 4) is 0 Å². The molecule has 2 rings (SSSR count). The van der Waals surface area contributed by atoms with Crippen molar-refractivity contribution >= 4 is 17.4 Å². The summed E-state index contributed by atoms with van der Waals surface area (Å²) in [6, 6.07) is 5.34. The first kappa shape index (κ1) is 15.2. The predicted octanol–water partition coefficient (Wildman–Crippen LogP) is 2.38. The van der Waals surface area contributed by atoms with Crippen LogP contribution < -0.4 is 16.4 Å². The summed E-state index contributed by atoms with van der Waals surface area (Å²) in [4.78, 5) is 21.9. The van der Waals surface area contributed by atoms with Gasteiger partial charge in [0.15, 0.2) is 0 Å². The molecule has 1 aliphatic carbocycles. The largest absolute Gasteiger partial charge is 0.336 e. The van der Waals surface area contributed by atoms with E-state index in [-0.39, 0.29) is 17.3 Å². The Morgan fingerprint density at radius 2 is 1.86 bits per heavy atom. The van der Waals surface area contributed by atoms with Gasteiger partial charge in [-0.15, -0.1) is 0 Å². The van der Waals surface area contributed by atoms with Gasteiger partial charge in [-0.2, -0.15) is 0 Å². The second-order valence-corrected chi connectivity index (χ2v) is 5.53. The number of nitrogens with zero attached hydrogens (tertiary/aromatic N) is 1. The summed E-state index contributed by atoms with van der Waals surface area (Å²) in [7, 11) is 0. The van der Waals surface area contributed by atoms with Crippen molar-refractivity contribution in [2.45, 2.75) is 37.6 Å². The van der Waals surface area contributed by atoms with Crippen LogP contribution in [0.5, 0.6) is 0 Å². The number of benzene rings is 1. The maximum absolute atomic E-state index is 11.8. The van der Waals surface area contributed by atoms with Crippen molar-refractivity contribution < 1.29 is 9.72 Å². The number of amides is 2. The number of hydrogen-bond acceptors (Lipinski definition) is 4. The van der Waals surface area contributed by atoms with Crippen LogP contribution >= 0.6 is 0 Å². The minimum absolute atomic E-state index is 0.0101. The van der Waals surface area contributed by atoms with Gasteiger partial charge in [0.25, 0.3) is 5.69 Å². The van der Waals surface area contributed by atoms with Crippen LogP contribution in [0.15, 0.2) is 24.3 Å². The third-order valence-electron chi connectivity index (χ3n) is 3.79. The van der Waals surface area contributed by atoms with E-state index in [2.05, 4.69) is 10.6 Å². The average molecular weight is 292 g/mol. The van der Waals surface area contributed by atoms with Crippen LogP contribution in [-0.2, 0) is 0 Å². The van der Waals surface area contributed by atoms with Gasteiger partial charge in [0.1, 0.15) is 0 Å². The molecule has 0 heterocycles. The normalized spacial score (nSPS) is 17.0. The Kier molecular flexibility index (Phi) is 4.74. The number of nitrogens with two attached hydrogens (primary N) is 1. The molecule has 0 unspecified atom stereocenters. The second-order valence-electron chi connectivity index (χ2n) is 5.53. The van der Waals surface area contributed by atoms with E-state index < -0.39 is 4.92 Å². The quantitative estimate of drug-likeness (QED) is 0.584. The number of non-ortho nitro benzene ring substituents is 1. The van der Waals surface area contributed by atoms with Crippen LogP contribution in [0.25, 0.3) is 0 Å². The van der Waals surface area contributed by atoms with E-state index in [4.69, 9.17) is 5.73 Å². The molecule has 1 aromatic rings. The van der Waals surface area contributed by atoms with Gasteiger partial charge in [-0.05, 0) is 25.0 Å². The fourth-order valence-corrected chi connectivity index (χ4v) is 2.53. The van der Waals surface area contributed by atoms with Gasteiger partial charge in [0.2, 0.25) is 0 Å². The maximum atomic E-state index is 11.8. The number of hydrogen-bond donors (Lipinski definition) is 3. The molecule has 7 nitrogen and oxygen atoms in total. The number of nitro benzene ring substituents is 1. The van der Waals surface area contributed by atoms with E-state index in [1.165, 1.54) is 30.7 Å². The fourth-order valence-electron chi connectivity index (χ4n) is 2.53. The lowest BCUT2D eigenvalue weighted by molar-refractivity contribution is -0.384. The number of nitro groups is 1. The molecule has 2 amide bonds. The first-order chi connectivity index (χ1) is 9.98. The third kappa shape index (κ3) is 4.42.